The van der Waals surface area contributed by atoms with E-state index in [2.05, 4.69) is 21.2 Å². The molecule has 178 valence electrons. The molecule has 1 saturated heterocycles. The smallest absolute Gasteiger partial charge is 0.294 e. The van der Waals surface area contributed by atoms with Crippen LogP contribution >= 0.6 is 39.3 Å². The molecule has 3 aromatic carbocycles. The third-order valence-electron chi connectivity index (χ3n) is 5.04. The number of ether oxygens (including phenoxy) is 1. The van der Waals surface area contributed by atoms with Crippen LogP contribution in [0.4, 0.5) is 10.5 Å². The van der Waals surface area contributed by atoms with Crippen LogP contribution in [0, 0.1) is 6.92 Å². The molecule has 0 bridgehead atoms. The summed E-state index contributed by atoms with van der Waals surface area (Å²) in [6.45, 7) is 1.93. The van der Waals surface area contributed by atoms with Gasteiger partial charge < -0.3 is 10.1 Å². The number of anilines is 1. The van der Waals surface area contributed by atoms with Crippen molar-refractivity contribution in [3.63, 3.8) is 0 Å². The molecular weight excluding hydrogens is 552 g/mol. The van der Waals surface area contributed by atoms with E-state index in [0.717, 1.165) is 27.8 Å². The number of aryl methyl sites for hydroxylation is 1. The lowest BCUT2D eigenvalue weighted by Crippen LogP contribution is -2.36. The minimum Gasteiger partial charge on any atom is -0.488 e. The molecule has 35 heavy (non-hydrogen) atoms. The fraction of sp³-hybridized carbons (Fsp3) is 0.115. The van der Waals surface area contributed by atoms with E-state index >= 15 is 0 Å². The molecule has 0 radical (unpaired) electrons. The molecule has 9 heteroatoms. The van der Waals surface area contributed by atoms with E-state index in [-0.39, 0.29) is 11.4 Å². The van der Waals surface area contributed by atoms with E-state index < -0.39 is 17.1 Å². The summed E-state index contributed by atoms with van der Waals surface area (Å²) in [5, 5.41) is 2.89. The Morgan fingerprint density at radius 2 is 1.89 bits per heavy atom. The number of benzene rings is 3. The minimum absolute atomic E-state index is 0.250. The molecule has 4 rings (SSSR count). The number of carbonyl (C=O) groups is 3. The summed E-state index contributed by atoms with van der Waals surface area (Å²) >= 11 is 10.2. The van der Waals surface area contributed by atoms with E-state index in [9.17, 15) is 14.4 Å². The van der Waals surface area contributed by atoms with Gasteiger partial charge in [0.15, 0.2) is 0 Å². The normalized spacial score (nSPS) is 14.5. The van der Waals surface area contributed by atoms with Crippen LogP contribution in [0.2, 0.25) is 5.02 Å². The molecule has 1 heterocycles. The maximum Gasteiger partial charge on any atom is 0.294 e. The largest absolute Gasteiger partial charge is 0.488 e. The molecule has 1 N–H and O–H groups in total. The molecule has 1 aliphatic rings. The topological polar surface area (TPSA) is 75.7 Å². The second-order valence-electron chi connectivity index (χ2n) is 7.79. The number of hydrogen-bond donors (Lipinski definition) is 1. The van der Waals surface area contributed by atoms with Gasteiger partial charge in [-0.2, -0.15) is 0 Å². The van der Waals surface area contributed by atoms with Crippen molar-refractivity contribution in [3.8, 4) is 5.75 Å². The lowest BCUT2D eigenvalue weighted by molar-refractivity contribution is -0.127. The molecule has 1 fully saturated rings. The fourth-order valence-corrected chi connectivity index (χ4v) is 4.80. The van der Waals surface area contributed by atoms with Crippen molar-refractivity contribution in [2.75, 3.05) is 11.9 Å². The van der Waals surface area contributed by atoms with Crippen molar-refractivity contribution < 1.29 is 19.1 Å². The zero-order valence-corrected chi connectivity index (χ0v) is 21.7. The second-order valence-corrected chi connectivity index (χ2v) is 10.1. The van der Waals surface area contributed by atoms with Gasteiger partial charge in [-0.1, -0.05) is 41.9 Å². The highest BCUT2D eigenvalue weighted by molar-refractivity contribution is 9.10. The number of thioether (sulfide) groups is 1. The average molecular weight is 572 g/mol. The Morgan fingerprint density at radius 1 is 1.11 bits per heavy atom. The predicted octanol–water partition coefficient (Wildman–Crippen LogP) is 6.66. The maximum atomic E-state index is 12.8. The van der Waals surface area contributed by atoms with Crippen molar-refractivity contribution in [2.45, 2.75) is 13.5 Å². The SMILES string of the molecule is Cc1cccc(NC(=O)CN2C(=O)S/C(=C\c3ccc(OCc4ccc(Cl)cc4)c(Br)c3)C2=O)c1. The lowest BCUT2D eigenvalue weighted by atomic mass is 10.2. The van der Waals surface area contributed by atoms with E-state index in [0.29, 0.717) is 33.1 Å². The van der Waals surface area contributed by atoms with Crippen molar-refractivity contribution in [3.05, 3.63) is 97.8 Å². The van der Waals surface area contributed by atoms with Crippen molar-refractivity contribution >= 4 is 68.1 Å². The first-order chi connectivity index (χ1) is 16.8. The molecule has 0 spiro atoms. The van der Waals surface area contributed by atoms with Gasteiger partial charge in [0.05, 0.1) is 9.38 Å². The van der Waals surface area contributed by atoms with Gasteiger partial charge in [-0.15, -0.1) is 0 Å². The van der Waals surface area contributed by atoms with E-state index in [1.54, 1.807) is 42.5 Å². The number of hydrogen-bond acceptors (Lipinski definition) is 5. The summed E-state index contributed by atoms with van der Waals surface area (Å²) < 4.78 is 6.56. The highest BCUT2D eigenvalue weighted by atomic mass is 79.9. The third kappa shape index (κ3) is 6.54. The Hall–Kier alpha value is -3.07. The highest BCUT2D eigenvalue weighted by Crippen LogP contribution is 2.34. The Balaban J connectivity index is 1.39. The number of rotatable bonds is 7. The first-order valence-electron chi connectivity index (χ1n) is 10.6. The third-order valence-corrected chi connectivity index (χ3v) is 6.82. The highest BCUT2D eigenvalue weighted by Gasteiger charge is 2.36. The molecular formula is C26H20BrClN2O4S. The number of halogens is 2. The van der Waals surface area contributed by atoms with Gasteiger partial charge in [0.25, 0.3) is 11.1 Å². The standard InChI is InChI=1S/C26H20BrClN2O4S/c1-16-3-2-4-20(11-16)29-24(31)14-30-25(32)23(35-26(30)33)13-18-7-10-22(21(27)12-18)34-15-17-5-8-19(28)9-6-17/h2-13H,14-15H2,1H3,(H,29,31)/b23-13-. The summed E-state index contributed by atoms with van der Waals surface area (Å²) in [6.07, 6.45) is 1.62. The molecule has 0 atom stereocenters. The molecule has 3 amide bonds. The van der Waals surface area contributed by atoms with Crippen LogP contribution in [-0.4, -0.2) is 28.5 Å². The van der Waals surface area contributed by atoms with Crippen LogP contribution in [0.3, 0.4) is 0 Å². The summed E-state index contributed by atoms with van der Waals surface area (Å²) in [7, 11) is 0. The van der Waals surface area contributed by atoms with Crippen molar-refractivity contribution in [1.29, 1.82) is 0 Å². The van der Waals surface area contributed by atoms with Crippen molar-refractivity contribution in [1.82, 2.24) is 4.90 Å². The van der Waals surface area contributed by atoms with Crippen LogP contribution < -0.4 is 10.1 Å². The second kappa shape index (κ2) is 11.1. The number of imide groups is 1. The van der Waals surface area contributed by atoms with Gasteiger partial charge in [0, 0.05) is 10.7 Å². The van der Waals surface area contributed by atoms with Gasteiger partial charge >= 0.3 is 0 Å². The molecule has 3 aromatic rings. The van der Waals surface area contributed by atoms with E-state index in [1.165, 1.54) is 0 Å². The average Bonchev–Trinajstić information content (AvgIpc) is 3.07. The number of nitrogens with zero attached hydrogens (tertiary/aromatic N) is 1. The number of carbonyl (C=O) groups excluding carboxylic acids is 3. The van der Waals surface area contributed by atoms with Gasteiger partial charge in [-0.05, 0) is 93.8 Å². The number of nitrogens with one attached hydrogen (secondary N) is 1. The zero-order valence-electron chi connectivity index (χ0n) is 18.6. The minimum atomic E-state index is -0.501. The first-order valence-corrected chi connectivity index (χ1v) is 12.6. The van der Waals surface area contributed by atoms with Gasteiger partial charge in [0.2, 0.25) is 5.91 Å². The Morgan fingerprint density at radius 3 is 2.60 bits per heavy atom. The van der Waals surface area contributed by atoms with E-state index in [1.807, 2.05) is 37.3 Å². The fourth-order valence-electron chi connectivity index (χ4n) is 3.32. The molecule has 1 aliphatic heterocycles. The Kier molecular flexibility index (Phi) is 7.95. The van der Waals surface area contributed by atoms with Crippen LogP contribution in [-0.2, 0) is 16.2 Å². The molecule has 0 aromatic heterocycles. The van der Waals surface area contributed by atoms with Gasteiger partial charge in [-0.25, -0.2) is 0 Å². The Bertz CT molecular complexity index is 1330. The molecule has 0 aliphatic carbocycles. The van der Waals surface area contributed by atoms with E-state index in [4.69, 9.17) is 16.3 Å². The summed E-state index contributed by atoms with van der Waals surface area (Å²) in [5.41, 5.74) is 3.29. The van der Waals surface area contributed by atoms with Gasteiger partial charge in [-0.3, -0.25) is 19.3 Å². The van der Waals surface area contributed by atoms with Crippen LogP contribution in [0.5, 0.6) is 5.75 Å². The Labute approximate surface area is 220 Å². The summed E-state index contributed by atoms with van der Waals surface area (Å²) in [6, 6.07) is 20.1. The maximum absolute atomic E-state index is 12.8. The van der Waals surface area contributed by atoms with Crippen LogP contribution in [0.25, 0.3) is 6.08 Å². The lowest BCUT2D eigenvalue weighted by Gasteiger charge is -2.12. The summed E-state index contributed by atoms with van der Waals surface area (Å²) in [4.78, 5) is 38.8. The van der Waals surface area contributed by atoms with Gasteiger partial charge in [0.1, 0.15) is 18.9 Å². The summed E-state index contributed by atoms with van der Waals surface area (Å²) in [5.74, 6) is -0.305. The zero-order chi connectivity index (χ0) is 24.9. The number of amides is 3. The first kappa shape index (κ1) is 25.0. The molecule has 0 unspecified atom stereocenters. The van der Waals surface area contributed by atoms with Crippen LogP contribution in [0.1, 0.15) is 16.7 Å². The molecule has 0 saturated carbocycles. The molecule has 6 nitrogen and oxygen atoms in total. The van der Waals surface area contributed by atoms with Crippen LogP contribution in [0.15, 0.2) is 76.1 Å². The van der Waals surface area contributed by atoms with Crippen molar-refractivity contribution in [2.24, 2.45) is 0 Å². The monoisotopic (exact) mass is 570 g/mol. The quantitative estimate of drug-likeness (QED) is 0.321. The predicted molar refractivity (Wildman–Crippen MR) is 142 cm³/mol.